The molecule has 0 spiro atoms. The van der Waals surface area contributed by atoms with E-state index in [4.69, 9.17) is 0 Å². The lowest BCUT2D eigenvalue weighted by Crippen LogP contribution is -2.28. The maximum absolute atomic E-state index is 9.33. The van der Waals surface area contributed by atoms with E-state index in [0.29, 0.717) is 24.5 Å². The minimum absolute atomic E-state index is 0.238. The third-order valence-electron chi connectivity index (χ3n) is 3.50. The number of aliphatic hydroxyl groups excluding tert-OH is 1. The summed E-state index contributed by atoms with van der Waals surface area (Å²) >= 11 is 0. The van der Waals surface area contributed by atoms with Crippen molar-refractivity contribution >= 4 is 0 Å². The Morgan fingerprint density at radius 2 is 2.00 bits per heavy atom. The number of rotatable bonds is 5. The Morgan fingerprint density at radius 1 is 1.38 bits per heavy atom. The zero-order chi connectivity index (χ0) is 10.1. The van der Waals surface area contributed by atoms with Gasteiger partial charge in [0.05, 0.1) is 0 Å². The van der Waals surface area contributed by atoms with Gasteiger partial charge in [0, 0.05) is 18.1 Å². The predicted molar refractivity (Wildman–Crippen MR) is 55.6 cm³/mol. The van der Waals surface area contributed by atoms with Crippen LogP contribution >= 0.6 is 0 Å². The van der Waals surface area contributed by atoms with Crippen molar-refractivity contribution in [3.05, 3.63) is 0 Å². The fourth-order valence-electron chi connectivity index (χ4n) is 2.14. The Morgan fingerprint density at radius 3 is 2.31 bits per heavy atom. The fraction of sp³-hybridized carbons (Fsp3) is 1.00. The van der Waals surface area contributed by atoms with E-state index in [1.807, 2.05) is 0 Å². The predicted octanol–water partition coefficient (Wildman–Crippen LogP) is 1.64. The van der Waals surface area contributed by atoms with Crippen LogP contribution in [0.4, 0.5) is 0 Å². The Labute approximate surface area is 81.7 Å². The third-order valence-corrected chi connectivity index (χ3v) is 3.50. The smallest absolute Gasteiger partial charge is 0.0493 e. The van der Waals surface area contributed by atoms with Crippen molar-refractivity contribution in [3.8, 4) is 0 Å². The highest BCUT2D eigenvalue weighted by molar-refractivity contribution is 5.04. The normalized spacial score (nSPS) is 33.0. The lowest BCUT2D eigenvalue weighted by Gasteiger charge is -2.19. The monoisotopic (exact) mass is 185 g/mol. The summed E-state index contributed by atoms with van der Waals surface area (Å²) in [4.78, 5) is 0. The van der Waals surface area contributed by atoms with Crippen LogP contribution in [0, 0.1) is 17.3 Å². The quantitative estimate of drug-likeness (QED) is 0.682. The van der Waals surface area contributed by atoms with Gasteiger partial charge in [-0.15, -0.1) is 0 Å². The van der Waals surface area contributed by atoms with Gasteiger partial charge in [-0.05, 0) is 24.8 Å². The molecule has 13 heavy (non-hydrogen) atoms. The van der Waals surface area contributed by atoms with Crippen LogP contribution in [-0.4, -0.2) is 24.3 Å². The van der Waals surface area contributed by atoms with Gasteiger partial charge in [0.25, 0.3) is 0 Å². The summed E-state index contributed by atoms with van der Waals surface area (Å²) in [6, 6.07) is 0.559. The summed E-state index contributed by atoms with van der Waals surface area (Å²) in [6.07, 6.45) is 1.20. The van der Waals surface area contributed by atoms with Gasteiger partial charge >= 0.3 is 0 Å². The summed E-state index contributed by atoms with van der Waals surface area (Å²) in [6.45, 7) is 10.2. The van der Waals surface area contributed by atoms with Gasteiger partial charge in [-0.25, -0.2) is 0 Å². The molecule has 0 amide bonds. The van der Waals surface area contributed by atoms with Gasteiger partial charge in [0.1, 0.15) is 0 Å². The van der Waals surface area contributed by atoms with E-state index < -0.39 is 0 Å². The van der Waals surface area contributed by atoms with Crippen LogP contribution in [0.25, 0.3) is 0 Å². The van der Waals surface area contributed by atoms with Crippen molar-refractivity contribution < 1.29 is 5.11 Å². The molecule has 0 heterocycles. The zero-order valence-corrected chi connectivity index (χ0v) is 9.30. The first-order valence-electron chi connectivity index (χ1n) is 5.37. The van der Waals surface area contributed by atoms with Gasteiger partial charge in [0.2, 0.25) is 0 Å². The van der Waals surface area contributed by atoms with Crippen molar-refractivity contribution in [2.24, 2.45) is 17.3 Å². The van der Waals surface area contributed by atoms with Gasteiger partial charge < -0.3 is 10.4 Å². The molecule has 0 aromatic heterocycles. The van der Waals surface area contributed by atoms with E-state index in [1.165, 1.54) is 6.42 Å². The topological polar surface area (TPSA) is 32.3 Å². The van der Waals surface area contributed by atoms with Crippen molar-refractivity contribution in [2.75, 3.05) is 13.2 Å². The van der Waals surface area contributed by atoms with E-state index >= 15 is 0 Å². The number of hydrogen-bond acceptors (Lipinski definition) is 2. The largest absolute Gasteiger partial charge is 0.396 e. The summed E-state index contributed by atoms with van der Waals surface area (Å²) in [7, 11) is 0. The summed E-state index contributed by atoms with van der Waals surface area (Å²) < 4.78 is 0. The average molecular weight is 185 g/mol. The zero-order valence-electron chi connectivity index (χ0n) is 9.30. The molecule has 0 aromatic carbocycles. The molecular formula is C11H23NO. The minimum Gasteiger partial charge on any atom is -0.396 e. The SMILES string of the molecule is CC(C)NCC1CC1(CO)C(C)C. The highest BCUT2D eigenvalue weighted by Gasteiger charge is 2.54. The Kier molecular flexibility index (Phi) is 3.36. The second kappa shape index (κ2) is 3.97. The van der Waals surface area contributed by atoms with Crippen molar-refractivity contribution in [3.63, 3.8) is 0 Å². The second-order valence-electron chi connectivity index (χ2n) is 5.01. The lowest BCUT2D eigenvalue weighted by molar-refractivity contribution is 0.155. The first kappa shape index (κ1) is 11.0. The molecule has 2 unspecified atom stereocenters. The van der Waals surface area contributed by atoms with Gasteiger partial charge in [-0.2, -0.15) is 0 Å². The van der Waals surface area contributed by atoms with Crippen LogP contribution in [0.2, 0.25) is 0 Å². The van der Waals surface area contributed by atoms with Gasteiger partial charge in [-0.1, -0.05) is 27.7 Å². The molecule has 0 aromatic rings. The summed E-state index contributed by atoms with van der Waals surface area (Å²) in [5, 5.41) is 12.8. The van der Waals surface area contributed by atoms with Crippen molar-refractivity contribution in [1.82, 2.24) is 5.32 Å². The van der Waals surface area contributed by atoms with Gasteiger partial charge in [0.15, 0.2) is 0 Å². The Balaban J connectivity index is 2.33. The number of hydrogen-bond donors (Lipinski definition) is 2. The third kappa shape index (κ3) is 2.23. The number of nitrogens with one attached hydrogen (secondary N) is 1. The van der Waals surface area contributed by atoms with Crippen molar-refractivity contribution in [1.29, 1.82) is 0 Å². The molecule has 1 aliphatic carbocycles. The Hall–Kier alpha value is -0.0800. The molecule has 1 saturated carbocycles. The lowest BCUT2D eigenvalue weighted by atomic mass is 9.90. The molecule has 78 valence electrons. The molecular weight excluding hydrogens is 162 g/mol. The second-order valence-corrected chi connectivity index (χ2v) is 5.01. The van der Waals surface area contributed by atoms with E-state index in [9.17, 15) is 5.11 Å². The Bertz CT molecular complexity index is 167. The highest BCUT2D eigenvalue weighted by Crippen LogP contribution is 2.56. The first-order valence-corrected chi connectivity index (χ1v) is 5.37. The first-order chi connectivity index (χ1) is 6.03. The summed E-state index contributed by atoms with van der Waals surface area (Å²) in [5.41, 5.74) is 0.238. The average Bonchev–Trinajstić information content (AvgIpc) is 2.75. The minimum atomic E-state index is 0.238. The summed E-state index contributed by atoms with van der Waals surface area (Å²) in [5.74, 6) is 1.30. The van der Waals surface area contributed by atoms with Crippen LogP contribution in [0.3, 0.4) is 0 Å². The maximum atomic E-state index is 9.33. The molecule has 0 radical (unpaired) electrons. The molecule has 2 atom stereocenters. The molecule has 0 saturated heterocycles. The molecule has 0 aliphatic heterocycles. The highest BCUT2D eigenvalue weighted by atomic mass is 16.3. The fourth-order valence-corrected chi connectivity index (χ4v) is 2.14. The van der Waals surface area contributed by atoms with Crippen molar-refractivity contribution in [2.45, 2.75) is 40.2 Å². The molecule has 2 nitrogen and oxygen atoms in total. The van der Waals surface area contributed by atoms with E-state index in [2.05, 4.69) is 33.0 Å². The van der Waals surface area contributed by atoms with Crippen LogP contribution in [0.5, 0.6) is 0 Å². The van der Waals surface area contributed by atoms with E-state index in [0.717, 1.165) is 6.54 Å². The molecule has 2 heteroatoms. The van der Waals surface area contributed by atoms with Crippen LogP contribution in [0.15, 0.2) is 0 Å². The molecule has 1 aliphatic rings. The molecule has 2 N–H and O–H groups in total. The molecule has 0 bridgehead atoms. The van der Waals surface area contributed by atoms with Crippen LogP contribution in [-0.2, 0) is 0 Å². The van der Waals surface area contributed by atoms with E-state index in [1.54, 1.807) is 0 Å². The van der Waals surface area contributed by atoms with Gasteiger partial charge in [-0.3, -0.25) is 0 Å². The van der Waals surface area contributed by atoms with E-state index in [-0.39, 0.29) is 5.41 Å². The molecule has 1 fully saturated rings. The maximum Gasteiger partial charge on any atom is 0.0493 e. The van der Waals surface area contributed by atoms with Crippen LogP contribution in [0.1, 0.15) is 34.1 Å². The number of aliphatic hydroxyl groups is 1. The molecule has 1 rings (SSSR count). The standard InChI is InChI=1S/C11H23NO/c1-8(2)11(7-13)5-10(11)6-12-9(3)4/h8-10,12-13H,5-7H2,1-4H3. The van der Waals surface area contributed by atoms with Crippen LogP contribution < -0.4 is 5.32 Å².